The van der Waals surface area contributed by atoms with Crippen molar-refractivity contribution in [1.82, 2.24) is 0 Å². The van der Waals surface area contributed by atoms with Crippen LogP contribution in [0.2, 0.25) is 0 Å². The largest absolute Gasteiger partial charge is 0.499 e. The summed E-state index contributed by atoms with van der Waals surface area (Å²) >= 11 is 0. The Balaban J connectivity index is 3.02. The summed E-state index contributed by atoms with van der Waals surface area (Å²) in [7, 11) is 0. The molecule has 42 heavy (non-hydrogen) atoms. The fourth-order valence-corrected chi connectivity index (χ4v) is 4.05. The van der Waals surface area contributed by atoms with Gasteiger partial charge in [-0.2, -0.15) is 0 Å². The molecule has 0 heterocycles. The standard InChI is InChI=1S/C33H66O9/c1-3-5-6-7-8-9-10-11-12-13-14-15-16-17-35-20-21-37-24-25-39-28-29-41-32-33-42-31-30-40-27-26-38-23-22-36-19-18-34-4-2/h4H,2-3,5-33H2,1H3. The molecule has 0 saturated heterocycles. The van der Waals surface area contributed by atoms with Gasteiger partial charge in [0.25, 0.3) is 0 Å². The van der Waals surface area contributed by atoms with Gasteiger partial charge in [-0.1, -0.05) is 90.6 Å². The minimum atomic E-state index is 0.511. The van der Waals surface area contributed by atoms with Gasteiger partial charge in [0.1, 0.15) is 6.61 Å². The first-order valence-corrected chi connectivity index (χ1v) is 16.8. The highest BCUT2D eigenvalue weighted by molar-refractivity contribution is 4.49. The third kappa shape index (κ3) is 39.2. The van der Waals surface area contributed by atoms with E-state index in [0.29, 0.717) is 106 Å². The molecule has 0 bridgehead atoms. The normalized spacial score (nSPS) is 11.4. The second kappa shape index (κ2) is 40.2. The first-order chi connectivity index (χ1) is 20.9. The number of unbranched alkanes of at least 4 members (excludes halogenated alkanes) is 12. The predicted octanol–water partition coefficient (Wildman–Crippen LogP) is 6.37. The average Bonchev–Trinajstić information content (AvgIpc) is 3.00. The van der Waals surface area contributed by atoms with Crippen molar-refractivity contribution in [3.05, 3.63) is 12.8 Å². The summed E-state index contributed by atoms with van der Waals surface area (Å²) in [6, 6.07) is 0. The second-order valence-electron chi connectivity index (χ2n) is 10.2. The summed E-state index contributed by atoms with van der Waals surface area (Å²) in [6.07, 6.45) is 19.2. The van der Waals surface area contributed by atoms with E-state index >= 15 is 0 Å². The Morgan fingerprint density at radius 2 is 0.548 bits per heavy atom. The molecule has 0 atom stereocenters. The van der Waals surface area contributed by atoms with Gasteiger partial charge in [-0.15, -0.1) is 0 Å². The topological polar surface area (TPSA) is 83.1 Å². The lowest BCUT2D eigenvalue weighted by molar-refractivity contribution is -0.0239. The van der Waals surface area contributed by atoms with E-state index < -0.39 is 0 Å². The van der Waals surface area contributed by atoms with Crippen molar-refractivity contribution in [2.45, 2.75) is 90.4 Å². The SMILES string of the molecule is C=COCCOCCOCCOCCOCCOCCOCCOCCOCCCCCCCCCCCCCCC. The van der Waals surface area contributed by atoms with Gasteiger partial charge in [-0.3, -0.25) is 0 Å². The van der Waals surface area contributed by atoms with E-state index in [2.05, 4.69) is 13.5 Å². The molecule has 9 nitrogen and oxygen atoms in total. The van der Waals surface area contributed by atoms with Crippen LogP contribution in [-0.4, -0.2) is 112 Å². The molecule has 0 aromatic heterocycles. The summed E-state index contributed by atoms with van der Waals surface area (Å²) in [5.41, 5.74) is 0. The Hall–Kier alpha value is -0.780. The Kier molecular flexibility index (Phi) is 39.5. The van der Waals surface area contributed by atoms with Gasteiger partial charge in [0.15, 0.2) is 0 Å². The Bertz CT molecular complexity index is 482. The smallest absolute Gasteiger partial charge is 0.111 e. The van der Waals surface area contributed by atoms with Crippen LogP contribution in [-0.2, 0) is 42.6 Å². The lowest BCUT2D eigenvalue weighted by Crippen LogP contribution is -2.15. The van der Waals surface area contributed by atoms with Crippen LogP contribution in [0, 0.1) is 0 Å². The van der Waals surface area contributed by atoms with Crippen LogP contribution in [0.5, 0.6) is 0 Å². The van der Waals surface area contributed by atoms with Crippen molar-refractivity contribution in [2.75, 3.05) is 112 Å². The molecule has 9 heteroatoms. The number of hydrogen-bond donors (Lipinski definition) is 0. The molecular weight excluding hydrogens is 540 g/mol. The second-order valence-corrected chi connectivity index (χ2v) is 10.2. The minimum Gasteiger partial charge on any atom is -0.499 e. The van der Waals surface area contributed by atoms with Gasteiger partial charge in [0.2, 0.25) is 0 Å². The zero-order valence-electron chi connectivity index (χ0n) is 27.2. The Labute approximate surface area is 258 Å². The first-order valence-electron chi connectivity index (χ1n) is 16.8. The van der Waals surface area contributed by atoms with Gasteiger partial charge in [-0.05, 0) is 6.42 Å². The first kappa shape index (κ1) is 41.2. The molecule has 0 unspecified atom stereocenters. The maximum absolute atomic E-state index is 5.66. The quantitative estimate of drug-likeness (QED) is 0.0585. The molecule has 0 amide bonds. The molecule has 0 spiro atoms. The van der Waals surface area contributed by atoms with Crippen LogP contribution in [0.4, 0.5) is 0 Å². The predicted molar refractivity (Wildman–Crippen MR) is 168 cm³/mol. The minimum absolute atomic E-state index is 0.511. The van der Waals surface area contributed by atoms with Crippen LogP contribution in [0.25, 0.3) is 0 Å². The molecule has 0 saturated carbocycles. The van der Waals surface area contributed by atoms with Crippen LogP contribution < -0.4 is 0 Å². The fourth-order valence-electron chi connectivity index (χ4n) is 4.05. The molecule has 0 aliphatic rings. The molecule has 0 radical (unpaired) electrons. The third-order valence-corrected chi connectivity index (χ3v) is 6.46. The van der Waals surface area contributed by atoms with Crippen LogP contribution in [0.3, 0.4) is 0 Å². The highest BCUT2D eigenvalue weighted by atomic mass is 16.6. The Morgan fingerprint density at radius 3 is 0.833 bits per heavy atom. The molecule has 0 aliphatic carbocycles. The van der Waals surface area contributed by atoms with Crippen molar-refractivity contribution >= 4 is 0 Å². The van der Waals surface area contributed by atoms with E-state index in [4.69, 9.17) is 42.6 Å². The Morgan fingerprint density at radius 1 is 0.310 bits per heavy atom. The molecular formula is C33H66O9. The molecule has 0 rings (SSSR count). The summed E-state index contributed by atoms with van der Waals surface area (Å²) in [4.78, 5) is 0. The summed E-state index contributed by atoms with van der Waals surface area (Å²) in [5.74, 6) is 0. The summed E-state index contributed by atoms with van der Waals surface area (Å²) in [5, 5.41) is 0. The van der Waals surface area contributed by atoms with Gasteiger partial charge in [-0.25, -0.2) is 0 Å². The molecule has 0 N–H and O–H groups in total. The van der Waals surface area contributed by atoms with Gasteiger partial charge < -0.3 is 42.6 Å². The molecule has 0 aromatic carbocycles. The lowest BCUT2D eigenvalue weighted by atomic mass is 10.0. The van der Waals surface area contributed by atoms with E-state index in [0.717, 1.165) is 13.0 Å². The van der Waals surface area contributed by atoms with Gasteiger partial charge in [0, 0.05) is 6.61 Å². The average molecular weight is 607 g/mol. The molecule has 0 fully saturated rings. The number of rotatable bonds is 39. The number of ether oxygens (including phenoxy) is 9. The highest BCUT2D eigenvalue weighted by Crippen LogP contribution is 2.12. The zero-order valence-corrected chi connectivity index (χ0v) is 27.2. The van der Waals surface area contributed by atoms with Crippen molar-refractivity contribution in [2.24, 2.45) is 0 Å². The maximum Gasteiger partial charge on any atom is 0.111 e. The summed E-state index contributed by atoms with van der Waals surface area (Å²) in [6.45, 7) is 15.4. The van der Waals surface area contributed by atoms with E-state index in [1.807, 2.05) is 0 Å². The zero-order chi connectivity index (χ0) is 30.3. The van der Waals surface area contributed by atoms with E-state index in [1.165, 1.54) is 83.3 Å². The van der Waals surface area contributed by atoms with Crippen molar-refractivity contribution in [3.63, 3.8) is 0 Å². The monoisotopic (exact) mass is 606 g/mol. The van der Waals surface area contributed by atoms with E-state index in [-0.39, 0.29) is 0 Å². The third-order valence-electron chi connectivity index (χ3n) is 6.46. The van der Waals surface area contributed by atoms with E-state index in [1.54, 1.807) is 0 Å². The van der Waals surface area contributed by atoms with Gasteiger partial charge >= 0.3 is 0 Å². The molecule has 252 valence electrons. The van der Waals surface area contributed by atoms with Crippen LogP contribution in [0.1, 0.15) is 90.4 Å². The van der Waals surface area contributed by atoms with Gasteiger partial charge in [0.05, 0.1) is 105 Å². The lowest BCUT2D eigenvalue weighted by Gasteiger charge is -2.08. The van der Waals surface area contributed by atoms with Crippen molar-refractivity contribution < 1.29 is 42.6 Å². The van der Waals surface area contributed by atoms with Crippen molar-refractivity contribution in [1.29, 1.82) is 0 Å². The molecule has 0 aliphatic heterocycles. The van der Waals surface area contributed by atoms with Crippen molar-refractivity contribution in [3.8, 4) is 0 Å². The maximum atomic E-state index is 5.66. The number of hydrogen-bond acceptors (Lipinski definition) is 9. The highest BCUT2D eigenvalue weighted by Gasteiger charge is 1.97. The van der Waals surface area contributed by atoms with Crippen LogP contribution in [0.15, 0.2) is 12.8 Å². The fraction of sp³-hybridized carbons (Fsp3) is 0.939. The van der Waals surface area contributed by atoms with Crippen LogP contribution >= 0.6 is 0 Å². The summed E-state index contributed by atoms with van der Waals surface area (Å²) < 4.78 is 48.8. The molecule has 0 aromatic rings. The van der Waals surface area contributed by atoms with E-state index in [9.17, 15) is 0 Å².